The number of aromatic nitrogens is 2. The van der Waals surface area contributed by atoms with Crippen molar-refractivity contribution in [2.24, 2.45) is 0 Å². The Labute approximate surface area is 232 Å². The molecule has 9 nitrogen and oxygen atoms in total. The van der Waals surface area contributed by atoms with Gasteiger partial charge in [-0.2, -0.15) is 18.2 Å². The molecule has 1 aliphatic carbocycles. The van der Waals surface area contributed by atoms with Crippen LogP contribution in [-0.4, -0.2) is 44.8 Å². The van der Waals surface area contributed by atoms with Gasteiger partial charge in [0.1, 0.15) is 17.1 Å². The lowest BCUT2D eigenvalue weighted by atomic mass is 9.93. The van der Waals surface area contributed by atoms with E-state index in [-0.39, 0.29) is 12.5 Å². The lowest BCUT2D eigenvalue weighted by Gasteiger charge is -2.26. The van der Waals surface area contributed by atoms with E-state index in [0.717, 1.165) is 34.5 Å². The summed E-state index contributed by atoms with van der Waals surface area (Å²) < 4.78 is 72.3. The molecular weight excluding hydrogens is 545 g/mol. The van der Waals surface area contributed by atoms with Gasteiger partial charge in [0.15, 0.2) is 0 Å². The summed E-state index contributed by atoms with van der Waals surface area (Å²) in [4.78, 5) is 8.00. The highest BCUT2D eigenvalue weighted by molar-refractivity contribution is 7.92. The van der Waals surface area contributed by atoms with Crippen LogP contribution in [0.4, 0.5) is 36.3 Å². The third kappa shape index (κ3) is 7.13. The zero-order chi connectivity index (χ0) is 29.1. The highest BCUT2D eigenvalue weighted by Crippen LogP contribution is 2.36. The average Bonchev–Trinajstić information content (AvgIpc) is 2.86. The van der Waals surface area contributed by atoms with Crippen molar-refractivity contribution in [2.45, 2.75) is 51.5 Å². The van der Waals surface area contributed by atoms with E-state index >= 15 is 0 Å². The number of halogens is 3. The number of aryl methyl sites for hydroxylation is 1. The fourth-order valence-electron chi connectivity index (χ4n) is 4.20. The monoisotopic (exact) mass is 578 g/mol. The van der Waals surface area contributed by atoms with Crippen LogP contribution in [0.3, 0.4) is 0 Å². The van der Waals surface area contributed by atoms with Crippen LogP contribution >= 0.6 is 0 Å². The van der Waals surface area contributed by atoms with Crippen LogP contribution in [-0.2, 0) is 29.3 Å². The molecule has 4 rings (SSSR count). The Morgan fingerprint density at radius 2 is 1.88 bits per heavy atom. The first-order valence-corrected chi connectivity index (χ1v) is 14.6. The smallest absolute Gasteiger partial charge is 0.421 e. The van der Waals surface area contributed by atoms with Gasteiger partial charge in [0, 0.05) is 32.4 Å². The van der Waals surface area contributed by atoms with Gasteiger partial charge in [-0.05, 0) is 54.7 Å². The van der Waals surface area contributed by atoms with Crippen molar-refractivity contribution in [3.63, 3.8) is 0 Å². The summed E-state index contributed by atoms with van der Waals surface area (Å²) in [5.74, 6) is -0.00984. The summed E-state index contributed by atoms with van der Waals surface area (Å²) in [7, 11) is -0.690. The van der Waals surface area contributed by atoms with Crippen LogP contribution in [0.15, 0.2) is 42.6 Å². The fraction of sp³-hybridized carbons (Fsp3) is 0.407. The van der Waals surface area contributed by atoms with Crippen molar-refractivity contribution in [1.29, 1.82) is 0 Å². The molecule has 216 valence electrons. The zero-order valence-electron chi connectivity index (χ0n) is 22.8. The van der Waals surface area contributed by atoms with E-state index in [0.29, 0.717) is 41.5 Å². The SMILES string of the molecule is COc1cc(CNC2CCC2)ccc1Nc1ncc(C(F)(F)F)c(NCc2ccc(C)cc2N(C)S(C)(=O)=O)n1. The lowest BCUT2D eigenvalue weighted by molar-refractivity contribution is -0.137. The maximum absolute atomic E-state index is 13.8. The highest BCUT2D eigenvalue weighted by Gasteiger charge is 2.35. The molecule has 2 aromatic carbocycles. The second-order valence-corrected chi connectivity index (χ2v) is 11.9. The molecule has 0 spiro atoms. The largest absolute Gasteiger partial charge is 0.495 e. The molecule has 1 fully saturated rings. The third-order valence-electron chi connectivity index (χ3n) is 6.83. The topological polar surface area (TPSA) is 108 Å². The van der Waals surface area contributed by atoms with E-state index in [4.69, 9.17) is 4.74 Å². The molecule has 0 bridgehead atoms. The van der Waals surface area contributed by atoms with Crippen molar-refractivity contribution in [1.82, 2.24) is 15.3 Å². The quantitative estimate of drug-likeness (QED) is 0.285. The first-order chi connectivity index (χ1) is 18.8. The minimum atomic E-state index is -4.71. The molecule has 0 unspecified atom stereocenters. The molecule has 40 heavy (non-hydrogen) atoms. The molecule has 0 aliphatic heterocycles. The van der Waals surface area contributed by atoms with E-state index in [1.165, 1.54) is 20.6 Å². The molecule has 1 aliphatic rings. The van der Waals surface area contributed by atoms with Crippen molar-refractivity contribution in [2.75, 3.05) is 35.4 Å². The van der Waals surface area contributed by atoms with Gasteiger partial charge < -0.3 is 20.7 Å². The summed E-state index contributed by atoms with van der Waals surface area (Å²) in [5, 5.41) is 9.16. The van der Waals surface area contributed by atoms with Gasteiger partial charge in [0.2, 0.25) is 16.0 Å². The summed E-state index contributed by atoms with van der Waals surface area (Å²) in [6.07, 6.45) is 0.614. The lowest BCUT2D eigenvalue weighted by Crippen LogP contribution is -2.34. The first-order valence-electron chi connectivity index (χ1n) is 12.7. The number of rotatable bonds is 11. The number of alkyl halides is 3. The Hall–Kier alpha value is -3.58. The predicted molar refractivity (Wildman–Crippen MR) is 150 cm³/mol. The van der Waals surface area contributed by atoms with E-state index in [1.807, 2.05) is 12.1 Å². The molecule has 1 aromatic heterocycles. The van der Waals surface area contributed by atoms with E-state index < -0.39 is 27.6 Å². The molecular formula is C27H33F3N6O3S. The van der Waals surface area contributed by atoms with Crippen molar-refractivity contribution in [3.05, 3.63) is 64.8 Å². The Morgan fingerprint density at radius 1 is 1.12 bits per heavy atom. The maximum Gasteiger partial charge on any atom is 0.421 e. The molecule has 3 aromatic rings. The minimum absolute atomic E-state index is 0.0634. The number of anilines is 4. The van der Waals surface area contributed by atoms with E-state index in [1.54, 1.807) is 31.2 Å². The Kier molecular flexibility index (Phi) is 8.74. The summed E-state index contributed by atoms with van der Waals surface area (Å²) in [6, 6.07) is 11.1. The number of nitrogens with zero attached hydrogens (tertiary/aromatic N) is 3. The van der Waals surface area contributed by atoms with Crippen molar-refractivity contribution < 1.29 is 26.3 Å². The summed E-state index contributed by atoms with van der Waals surface area (Å²) >= 11 is 0. The van der Waals surface area contributed by atoms with Crippen LogP contribution in [0, 0.1) is 6.92 Å². The van der Waals surface area contributed by atoms with Gasteiger partial charge in [-0.25, -0.2) is 13.4 Å². The highest BCUT2D eigenvalue weighted by atomic mass is 32.2. The Morgan fingerprint density at radius 3 is 2.50 bits per heavy atom. The molecule has 0 saturated heterocycles. The molecule has 0 radical (unpaired) electrons. The van der Waals surface area contributed by atoms with Gasteiger partial charge in [0.05, 0.1) is 24.7 Å². The number of benzene rings is 2. The number of hydrogen-bond donors (Lipinski definition) is 3. The molecule has 1 saturated carbocycles. The number of sulfonamides is 1. The molecule has 3 N–H and O–H groups in total. The zero-order valence-corrected chi connectivity index (χ0v) is 23.6. The first kappa shape index (κ1) is 29.4. The fourth-order valence-corrected chi connectivity index (χ4v) is 4.73. The Bertz CT molecular complexity index is 1460. The Balaban J connectivity index is 1.58. The van der Waals surface area contributed by atoms with Crippen LogP contribution in [0.2, 0.25) is 0 Å². The summed E-state index contributed by atoms with van der Waals surface area (Å²) in [5.41, 5.74) is 2.10. The second-order valence-electron chi connectivity index (χ2n) is 9.84. The van der Waals surface area contributed by atoms with E-state index in [2.05, 4.69) is 25.9 Å². The van der Waals surface area contributed by atoms with Gasteiger partial charge >= 0.3 is 6.18 Å². The van der Waals surface area contributed by atoms with Gasteiger partial charge in [-0.3, -0.25) is 4.31 Å². The van der Waals surface area contributed by atoms with Crippen molar-refractivity contribution in [3.8, 4) is 5.75 Å². The second kappa shape index (κ2) is 11.9. The third-order valence-corrected chi connectivity index (χ3v) is 8.02. The van der Waals surface area contributed by atoms with Gasteiger partial charge in [-0.15, -0.1) is 0 Å². The normalized spacial score (nSPS) is 14.0. The van der Waals surface area contributed by atoms with Crippen LogP contribution < -0.4 is 25.0 Å². The maximum atomic E-state index is 13.8. The number of methoxy groups -OCH3 is 1. The molecule has 0 amide bonds. The van der Waals surface area contributed by atoms with Crippen LogP contribution in [0.25, 0.3) is 0 Å². The van der Waals surface area contributed by atoms with E-state index in [9.17, 15) is 21.6 Å². The molecule has 1 heterocycles. The minimum Gasteiger partial charge on any atom is -0.495 e. The molecule has 0 atom stereocenters. The number of hydrogen-bond acceptors (Lipinski definition) is 8. The van der Waals surface area contributed by atoms with Crippen molar-refractivity contribution >= 4 is 33.2 Å². The average molecular weight is 579 g/mol. The van der Waals surface area contributed by atoms with Gasteiger partial charge in [0.25, 0.3) is 0 Å². The van der Waals surface area contributed by atoms with Crippen LogP contribution in [0.1, 0.15) is 41.5 Å². The van der Waals surface area contributed by atoms with Crippen LogP contribution in [0.5, 0.6) is 5.75 Å². The standard InChI is InChI=1S/C27H33F3N6O3S/c1-17-8-10-19(23(12-17)36(2)40(4,37)38)15-32-25-21(27(28,29)30)16-33-26(35-25)34-22-11-9-18(13-24(22)39-3)14-31-20-6-5-7-20/h8-13,16,20,31H,5-7,14-15H2,1-4H3,(H2,32,33,34,35). The number of nitrogens with one attached hydrogen (secondary N) is 3. The number of ether oxygens (including phenoxy) is 1. The predicted octanol–water partition coefficient (Wildman–Crippen LogP) is 5.21. The van der Waals surface area contributed by atoms with Gasteiger partial charge in [-0.1, -0.05) is 24.6 Å². The molecule has 13 heteroatoms. The summed E-state index contributed by atoms with van der Waals surface area (Å²) in [6.45, 7) is 2.37.